The standard InChI is InChI=1S/C21H28FN5O3S.C2HF3O2/c1-15-4-5-16(14-18(15)22)31(28,29)27-8-6-17-19(7-9-27)23-21(24-20(17)25(2)3)26-10-12-30-13-11-26;3-2(4,5)1(6)7/h4-5,14H,6-13H2,1-3H3;(H,6,7). The van der Waals surface area contributed by atoms with Gasteiger partial charge in [0.15, 0.2) is 0 Å². The predicted molar refractivity (Wildman–Crippen MR) is 130 cm³/mol. The Labute approximate surface area is 217 Å². The lowest BCUT2D eigenvalue weighted by molar-refractivity contribution is -0.192. The van der Waals surface area contributed by atoms with Crippen LogP contribution in [-0.4, -0.2) is 93.4 Å². The van der Waals surface area contributed by atoms with Crippen LogP contribution >= 0.6 is 0 Å². The number of carbonyl (C=O) groups is 1. The van der Waals surface area contributed by atoms with Crippen LogP contribution in [0.2, 0.25) is 0 Å². The van der Waals surface area contributed by atoms with E-state index >= 15 is 0 Å². The van der Waals surface area contributed by atoms with E-state index in [9.17, 15) is 26.0 Å². The maximum Gasteiger partial charge on any atom is 0.490 e. The van der Waals surface area contributed by atoms with Gasteiger partial charge in [-0.25, -0.2) is 22.6 Å². The summed E-state index contributed by atoms with van der Waals surface area (Å²) in [5.74, 6) is -1.81. The summed E-state index contributed by atoms with van der Waals surface area (Å²) in [5, 5.41) is 7.12. The summed E-state index contributed by atoms with van der Waals surface area (Å²) < 4.78 is 79.0. The van der Waals surface area contributed by atoms with Crippen LogP contribution in [0.3, 0.4) is 0 Å². The van der Waals surface area contributed by atoms with Gasteiger partial charge in [0.1, 0.15) is 11.6 Å². The number of sulfonamides is 1. The van der Waals surface area contributed by atoms with Crippen LogP contribution in [0.4, 0.5) is 29.3 Å². The van der Waals surface area contributed by atoms with Gasteiger partial charge in [0.25, 0.3) is 0 Å². The molecule has 0 radical (unpaired) electrons. The number of hydrogen-bond donors (Lipinski definition) is 1. The zero-order chi connectivity index (χ0) is 28.3. The molecule has 0 spiro atoms. The molecule has 2 aliphatic rings. The van der Waals surface area contributed by atoms with Gasteiger partial charge in [0, 0.05) is 52.3 Å². The topological polar surface area (TPSA) is 116 Å². The SMILES string of the molecule is Cc1ccc(S(=O)(=O)N2CCc3nc(N4CCOCC4)nc(N(C)C)c3CC2)cc1F.O=C(O)C(F)(F)F. The number of aryl methyl sites for hydroxylation is 1. The molecule has 1 fully saturated rings. The van der Waals surface area contributed by atoms with Crippen molar-refractivity contribution >= 4 is 27.8 Å². The minimum Gasteiger partial charge on any atom is -0.475 e. The van der Waals surface area contributed by atoms with Crippen molar-refractivity contribution in [1.29, 1.82) is 0 Å². The molecule has 3 heterocycles. The third-order valence-corrected chi connectivity index (χ3v) is 7.90. The average molecular weight is 564 g/mol. The molecule has 0 atom stereocenters. The number of alkyl halides is 3. The zero-order valence-corrected chi connectivity index (χ0v) is 21.9. The molecule has 0 bridgehead atoms. The van der Waals surface area contributed by atoms with Gasteiger partial charge in [-0.3, -0.25) is 0 Å². The summed E-state index contributed by atoms with van der Waals surface area (Å²) in [6.07, 6.45) is -4.11. The van der Waals surface area contributed by atoms with Crippen molar-refractivity contribution in [3.05, 3.63) is 40.8 Å². The quantitative estimate of drug-likeness (QED) is 0.559. The number of aliphatic carboxylic acids is 1. The Bertz CT molecular complexity index is 1270. The van der Waals surface area contributed by atoms with Crippen molar-refractivity contribution < 1.29 is 40.6 Å². The Morgan fingerprint density at radius 2 is 1.68 bits per heavy atom. The van der Waals surface area contributed by atoms with Crippen LogP contribution < -0.4 is 9.80 Å². The van der Waals surface area contributed by atoms with Gasteiger partial charge in [0.2, 0.25) is 16.0 Å². The van der Waals surface area contributed by atoms with E-state index in [4.69, 9.17) is 24.6 Å². The van der Waals surface area contributed by atoms with Gasteiger partial charge >= 0.3 is 12.1 Å². The highest BCUT2D eigenvalue weighted by Crippen LogP contribution is 2.28. The maximum absolute atomic E-state index is 14.0. The first-order chi connectivity index (χ1) is 17.7. The Morgan fingerprint density at radius 1 is 1.08 bits per heavy atom. The van der Waals surface area contributed by atoms with Crippen LogP contribution in [0.25, 0.3) is 0 Å². The van der Waals surface area contributed by atoms with Crippen LogP contribution in [0, 0.1) is 12.7 Å². The molecule has 2 aliphatic heterocycles. The molecule has 4 rings (SSSR count). The number of ether oxygens (including phenoxy) is 1. The molecule has 2 aromatic rings. The number of fused-ring (bicyclic) bond motifs is 1. The van der Waals surface area contributed by atoms with E-state index in [-0.39, 0.29) is 11.4 Å². The summed E-state index contributed by atoms with van der Waals surface area (Å²) in [4.78, 5) is 22.5. The highest BCUT2D eigenvalue weighted by molar-refractivity contribution is 7.89. The van der Waals surface area contributed by atoms with Crippen LogP contribution in [-0.2, 0) is 32.4 Å². The molecular formula is C23H29F4N5O5S. The second-order valence-electron chi connectivity index (χ2n) is 8.88. The molecular weight excluding hydrogens is 534 g/mol. The fraction of sp³-hybridized carbons (Fsp3) is 0.522. The van der Waals surface area contributed by atoms with Crippen LogP contribution in [0.15, 0.2) is 23.1 Å². The van der Waals surface area contributed by atoms with Gasteiger partial charge in [-0.1, -0.05) is 6.07 Å². The molecule has 1 aromatic heterocycles. The van der Waals surface area contributed by atoms with E-state index in [0.717, 1.165) is 36.2 Å². The molecule has 1 N–H and O–H groups in total. The molecule has 15 heteroatoms. The van der Waals surface area contributed by atoms with Crippen LogP contribution in [0.5, 0.6) is 0 Å². The largest absolute Gasteiger partial charge is 0.490 e. The lowest BCUT2D eigenvalue weighted by Crippen LogP contribution is -2.38. The first-order valence-corrected chi connectivity index (χ1v) is 13.1. The van der Waals surface area contributed by atoms with Gasteiger partial charge in [-0.15, -0.1) is 0 Å². The van der Waals surface area contributed by atoms with Gasteiger partial charge in [-0.2, -0.15) is 22.5 Å². The maximum atomic E-state index is 14.0. The average Bonchev–Trinajstić information content (AvgIpc) is 3.08. The van der Waals surface area contributed by atoms with Gasteiger partial charge in [-0.05, 0) is 31.0 Å². The molecule has 1 saturated heterocycles. The smallest absolute Gasteiger partial charge is 0.475 e. The molecule has 0 aliphatic carbocycles. The number of hydrogen-bond acceptors (Lipinski definition) is 8. The summed E-state index contributed by atoms with van der Waals surface area (Å²) in [7, 11) is 0.0600. The van der Waals surface area contributed by atoms with E-state index in [1.165, 1.54) is 16.4 Å². The molecule has 0 amide bonds. The fourth-order valence-electron chi connectivity index (χ4n) is 3.94. The number of carboxylic acid groups (broad SMARTS) is 1. The molecule has 210 valence electrons. The van der Waals surface area contributed by atoms with Crippen LogP contribution in [0.1, 0.15) is 16.8 Å². The third kappa shape index (κ3) is 6.88. The first kappa shape index (κ1) is 29.5. The van der Waals surface area contributed by atoms with E-state index in [1.807, 2.05) is 19.0 Å². The van der Waals surface area contributed by atoms with E-state index < -0.39 is 28.0 Å². The highest BCUT2D eigenvalue weighted by atomic mass is 32.2. The van der Waals surface area contributed by atoms with E-state index in [0.29, 0.717) is 44.1 Å². The number of halogens is 4. The van der Waals surface area contributed by atoms with Crippen molar-refractivity contribution in [2.75, 3.05) is 63.3 Å². The van der Waals surface area contributed by atoms with E-state index in [1.54, 1.807) is 6.92 Å². The summed E-state index contributed by atoms with van der Waals surface area (Å²) >= 11 is 0. The molecule has 0 unspecified atom stereocenters. The fourth-order valence-corrected chi connectivity index (χ4v) is 5.40. The summed E-state index contributed by atoms with van der Waals surface area (Å²) in [6.45, 7) is 4.93. The minimum atomic E-state index is -5.08. The normalized spacial score (nSPS) is 16.7. The second-order valence-corrected chi connectivity index (χ2v) is 10.8. The zero-order valence-electron chi connectivity index (χ0n) is 21.1. The summed E-state index contributed by atoms with van der Waals surface area (Å²) in [5.41, 5.74) is 2.26. The Kier molecular flexibility index (Phi) is 9.15. The Hall–Kier alpha value is -3.04. The molecule has 0 saturated carbocycles. The van der Waals surface area contributed by atoms with E-state index in [2.05, 4.69) is 4.90 Å². The second kappa shape index (κ2) is 11.8. The number of carboxylic acids is 1. The Morgan fingerprint density at radius 3 is 2.24 bits per heavy atom. The molecule has 10 nitrogen and oxygen atoms in total. The predicted octanol–water partition coefficient (Wildman–Crippen LogP) is 2.25. The molecule has 38 heavy (non-hydrogen) atoms. The van der Waals surface area contributed by atoms with Crippen molar-refractivity contribution in [3.63, 3.8) is 0 Å². The minimum absolute atomic E-state index is 0.0190. The van der Waals surface area contributed by atoms with Crippen molar-refractivity contribution in [2.24, 2.45) is 0 Å². The van der Waals surface area contributed by atoms with Crippen molar-refractivity contribution in [1.82, 2.24) is 14.3 Å². The number of morpholine rings is 1. The number of aromatic nitrogens is 2. The lowest BCUT2D eigenvalue weighted by Gasteiger charge is -2.28. The Balaban J connectivity index is 0.000000505. The molecule has 1 aromatic carbocycles. The first-order valence-electron chi connectivity index (χ1n) is 11.7. The van der Waals surface area contributed by atoms with Crippen molar-refractivity contribution in [3.8, 4) is 0 Å². The third-order valence-electron chi connectivity index (χ3n) is 6.01. The monoisotopic (exact) mass is 563 g/mol. The number of benzene rings is 1. The lowest BCUT2D eigenvalue weighted by atomic mass is 10.1. The van der Waals surface area contributed by atoms with Gasteiger partial charge < -0.3 is 19.6 Å². The number of rotatable bonds is 4. The highest BCUT2D eigenvalue weighted by Gasteiger charge is 2.38. The van der Waals surface area contributed by atoms with Crippen molar-refractivity contribution in [2.45, 2.75) is 30.8 Å². The van der Waals surface area contributed by atoms with Gasteiger partial charge in [0.05, 0.1) is 23.8 Å². The summed E-state index contributed by atoms with van der Waals surface area (Å²) in [6, 6.07) is 4.07. The number of nitrogens with zero attached hydrogens (tertiary/aromatic N) is 5. The number of anilines is 2.